The van der Waals surface area contributed by atoms with Crippen molar-refractivity contribution < 1.29 is 9.90 Å². The Bertz CT molecular complexity index is 877. The van der Waals surface area contributed by atoms with Crippen molar-refractivity contribution in [1.82, 2.24) is 9.97 Å². The molecule has 0 aliphatic carbocycles. The first-order valence-electron chi connectivity index (χ1n) is 7.49. The second-order valence-electron chi connectivity index (χ2n) is 5.66. The smallest absolute Gasteiger partial charge is 0.335 e. The van der Waals surface area contributed by atoms with Crippen LogP contribution in [-0.4, -0.2) is 34.1 Å². The van der Waals surface area contributed by atoms with Crippen LogP contribution in [0.25, 0.3) is 10.2 Å². The largest absolute Gasteiger partial charge is 0.478 e. The van der Waals surface area contributed by atoms with Gasteiger partial charge in [-0.1, -0.05) is 18.2 Å². The summed E-state index contributed by atoms with van der Waals surface area (Å²) < 4.78 is 1.10. The molecule has 0 radical (unpaired) electrons. The molecular weight excluding hydrogens is 310 g/mol. The molecule has 1 atom stereocenters. The molecule has 2 aromatic heterocycles. The number of aromatic carboxylic acids is 1. The lowest BCUT2D eigenvalue weighted by Gasteiger charge is -2.18. The van der Waals surface area contributed by atoms with Gasteiger partial charge in [0.15, 0.2) is 0 Å². The molecule has 1 aliphatic rings. The fourth-order valence-corrected chi connectivity index (χ4v) is 4.12. The third kappa shape index (κ3) is 2.45. The number of hydrogen-bond donors (Lipinski definition) is 1. The first-order valence-corrected chi connectivity index (χ1v) is 8.37. The number of rotatable bonds is 3. The van der Waals surface area contributed by atoms with Crippen LogP contribution >= 0.6 is 11.3 Å². The van der Waals surface area contributed by atoms with E-state index in [0.29, 0.717) is 5.56 Å². The van der Waals surface area contributed by atoms with Crippen LogP contribution in [0.15, 0.2) is 42.0 Å². The number of aromatic nitrogens is 2. The van der Waals surface area contributed by atoms with Gasteiger partial charge < -0.3 is 10.0 Å². The Morgan fingerprint density at radius 3 is 3.00 bits per heavy atom. The van der Waals surface area contributed by atoms with E-state index in [1.165, 1.54) is 0 Å². The molecule has 1 aromatic carbocycles. The molecule has 0 amide bonds. The summed E-state index contributed by atoms with van der Waals surface area (Å²) in [5, 5.41) is 11.4. The van der Waals surface area contributed by atoms with Gasteiger partial charge in [-0.15, -0.1) is 11.3 Å². The number of nitrogens with zero attached hydrogens (tertiary/aromatic N) is 3. The molecular formula is C17H15N3O2S. The van der Waals surface area contributed by atoms with E-state index >= 15 is 0 Å². The third-order valence-electron chi connectivity index (χ3n) is 4.34. The molecule has 0 bridgehead atoms. The number of carboxylic acids is 1. The van der Waals surface area contributed by atoms with Crippen molar-refractivity contribution >= 4 is 33.3 Å². The summed E-state index contributed by atoms with van der Waals surface area (Å²) in [6.45, 7) is 1.66. The molecule has 6 heteroatoms. The minimum Gasteiger partial charge on any atom is -0.478 e. The van der Waals surface area contributed by atoms with Gasteiger partial charge in [-0.3, -0.25) is 0 Å². The van der Waals surface area contributed by atoms with Gasteiger partial charge in [-0.2, -0.15) is 0 Å². The summed E-state index contributed by atoms with van der Waals surface area (Å²) in [7, 11) is 0. The van der Waals surface area contributed by atoms with Gasteiger partial charge in [0.25, 0.3) is 0 Å². The van der Waals surface area contributed by atoms with Crippen molar-refractivity contribution in [3.63, 3.8) is 0 Å². The van der Waals surface area contributed by atoms with E-state index in [1.54, 1.807) is 29.8 Å². The highest BCUT2D eigenvalue weighted by atomic mass is 32.1. The Kier molecular flexibility index (Phi) is 3.46. The molecule has 3 aromatic rings. The molecule has 5 nitrogen and oxygen atoms in total. The van der Waals surface area contributed by atoms with Crippen molar-refractivity contribution in [1.29, 1.82) is 0 Å². The molecule has 1 fully saturated rings. The molecule has 3 heterocycles. The lowest BCUT2D eigenvalue weighted by Crippen LogP contribution is -2.21. The highest BCUT2D eigenvalue weighted by molar-refractivity contribution is 7.17. The van der Waals surface area contributed by atoms with E-state index in [-0.39, 0.29) is 5.92 Å². The van der Waals surface area contributed by atoms with Crippen LogP contribution in [0.1, 0.15) is 28.3 Å². The molecule has 1 saturated heterocycles. The molecule has 1 N–H and O–H groups in total. The molecule has 116 valence electrons. The van der Waals surface area contributed by atoms with Gasteiger partial charge in [0.2, 0.25) is 0 Å². The minimum atomic E-state index is -0.860. The summed E-state index contributed by atoms with van der Waals surface area (Å²) >= 11 is 1.65. The Labute approximate surface area is 137 Å². The quantitative estimate of drug-likeness (QED) is 0.799. The van der Waals surface area contributed by atoms with Crippen LogP contribution < -0.4 is 4.90 Å². The SMILES string of the molecule is O=C(O)c1ccccc1[C@H]1CCN(c2ncnc3ccsc23)C1. The maximum Gasteiger partial charge on any atom is 0.335 e. The standard InChI is InChI=1S/C17H15N3O2S/c21-17(22)13-4-2-1-3-12(13)11-5-7-20(9-11)16-15-14(6-8-23-15)18-10-19-16/h1-4,6,8,10-11H,5,7,9H2,(H,21,22)/t11-/m0/s1. The number of fused-ring (bicyclic) bond motifs is 1. The predicted octanol–water partition coefficient (Wildman–Crippen LogP) is 3.38. The van der Waals surface area contributed by atoms with E-state index < -0.39 is 5.97 Å². The second-order valence-corrected chi connectivity index (χ2v) is 6.57. The summed E-state index contributed by atoms with van der Waals surface area (Å²) in [5.74, 6) is 0.314. The summed E-state index contributed by atoms with van der Waals surface area (Å²) in [5.41, 5.74) is 2.29. The van der Waals surface area contributed by atoms with E-state index in [0.717, 1.165) is 41.1 Å². The molecule has 0 saturated carbocycles. The molecule has 23 heavy (non-hydrogen) atoms. The Balaban J connectivity index is 1.65. The van der Waals surface area contributed by atoms with Crippen molar-refractivity contribution in [2.45, 2.75) is 12.3 Å². The maximum atomic E-state index is 11.4. The fraction of sp³-hybridized carbons (Fsp3) is 0.235. The minimum absolute atomic E-state index is 0.215. The topological polar surface area (TPSA) is 66.3 Å². The van der Waals surface area contributed by atoms with Gasteiger partial charge in [0, 0.05) is 19.0 Å². The highest BCUT2D eigenvalue weighted by Crippen LogP contribution is 2.35. The molecule has 0 unspecified atom stereocenters. The summed E-state index contributed by atoms with van der Waals surface area (Å²) in [4.78, 5) is 22.4. The van der Waals surface area contributed by atoms with Crippen LogP contribution in [0.2, 0.25) is 0 Å². The van der Waals surface area contributed by atoms with Crippen molar-refractivity contribution in [2.24, 2.45) is 0 Å². The number of benzene rings is 1. The average Bonchev–Trinajstić information content (AvgIpc) is 3.23. The van der Waals surface area contributed by atoms with E-state index in [4.69, 9.17) is 0 Å². The number of hydrogen-bond acceptors (Lipinski definition) is 5. The number of thiophene rings is 1. The third-order valence-corrected chi connectivity index (χ3v) is 5.24. The van der Waals surface area contributed by atoms with E-state index in [2.05, 4.69) is 14.9 Å². The fourth-order valence-electron chi connectivity index (χ4n) is 3.26. The van der Waals surface area contributed by atoms with E-state index in [1.807, 2.05) is 23.6 Å². The first-order chi connectivity index (χ1) is 11.2. The van der Waals surface area contributed by atoms with Crippen molar-refractivity contribution in [3.8, 4) is 0 Å². The van der Waals surface area contributed by atoms with Crippen LogP contribution in [0.4, 0.5) is 5.82 Å². The van der Waals surface area contributed by atoms with Crippen LogP contribution in [0, 0.1) is 0 Å². The van der Waals surface area contributed by atoms with Gasteiger partial charge in [0.1, 0.15) is 12.1 Å². The molecule has 0 spiro atoms. The Morgan fingerprint density at radius 1 is 1.26 bits per heavy atom. The Morgan fingerprint density at radius 2 is 2.13 bits per heavy atom. The first kappa shape index (κ1) is 14.1. The highest BCUT2D eigenvalue weighted by Gasteiger charge is 2.28. The lowest BCUT2D eigenvalue weighted by atomic mass is 9.93. The number of carbonyl (C=O) groups is 1. The zero-order chi connectivity index (χ0) is 15.8. The lowest BCUT2D eigenvalue weighted by molar-refractivity contribution is 0.0695. The number of anilines is 1. The van der Waals surface area contributed by atoms with E-state index in [9.17, 15) is 9.90 Å². The maximum absolute atomic E-state index is 11.4. The zero-order valence-corrected chi connectivity index (χ0v) is 13.2. The van der Waals surface area contributed by atoms with Crippen molar-refractivity contribution in [2.75, 3.05) is 18.0 Å². The van der Waals surface area contributed by atoms with Crippen LogP contribution in [0.3, 0.4) is 0 Å². The Hall–Kier alpha value is -2.47. The summed E-state index contributed by atoms with van der Waals surface area (Å²) in [6, 6.07) is 9.30. The van der Waals surface area contributed by atoms with Gasteiger partial charge in [-0.25, -0.2) is 14.8 Å². The normalized spacial score (nSPS) is 17.7. The molecule has 1 aliphatic heterocycles. The average molecular weight is 325 g/mol. The van der Waals surface area contributed by atoms with Crippen LogP contribution in [0.5, 0.6) is 0 Å². The zero-order valence-electron chi connectivity index (χ0n) is 12.3. The van der Waals surface area contributed by atoms with Gasteiger partial charge >= 0.3 is 5.97 Å². The van der Waals surface area contributed by atoms with Gasteiger partial charge in [0.05, 0.1) is 15.8 Å². The van der Waals surface area contributed by atoms with Gasteiger partial charge in [-0.05, 0) is 29.5 Å². The van der Waals surface area contributed by atoms with Crippen LogP contribution in [-0.2, 0) is 0 Å². The number of carboxylic acid groups (broad SMARTS) is 1. The van der Waals surface area contributed by atoms with Crippen molar-refractivity contribution in [3.05, 3.63) is 53.2 Å². The predicted molar refractivity (Wildman–Crippen MR) is 90.4 cm³/mol. The molecule has 4 rings (SSSR count). The monoisotopic (exact) mass is 325 g/mol. The summed E-state index contributed by atoms with van der Waals surface area (Å²) in [6.07, 6.45) is 2.53. The second kappa shape index (κ2) is 5.62.